The Morgan fingerprint density at radius 3 is 2.74 bits per heavy atom. The van der Waals surface area contributed by atoms with Crippen LogP contribution in [0.1, 0.15) is 19.0 Å². The maximum atomic E-state index is 5.80. The van der Waals surface area contributed by atoms with Gasteiger partial charge in [-0.3, -0.25) is 0 Å². The Balaban J connectivity index is 1.79. The third kappa shape index (κ3) is 3.61. The van der Waals surface area contributed by atoms with E-state index in [0.29, 0.717) is 17.4 Å². The lowest BCUT2D eigenvalue weighted by atomic mass is 10.3. The lowest BCUT2D eigenvalue weighted by Gasteiger charge is -2.07. The lowest BCUT2D eigenvalue weighted by molar-refractivity contribution is 0.297. The molecule has 0 aliphatic rings. The van der Waals surface area contributed by atoms with Crippen LogP contribution in [0, 0.1) is 0 Å². The van der Waals surface area contributed by atoms with Crippen LogP contribution in [0.3, 0.4) is 0 Å². The van der Waals surface area contributed by atoms with Crippen molar-refractivity contribution in [1.82, 2.24) is 15.0 Å². The van der Waals surface area contributed by atoms with Crippen molar-refractivity contribution in [3.8, 4) is 5.75 Å². The van der Waals surface area contributed by atoms with Gasteiger partial charge in [-0.2, -0.15) is 0 Å². The molecule has 2 rings (SSSR count). The number of hydrogen-bond donors (Lipinski definition) is 1. The van der Waals surface area contributed by atoms with Gasteiger partial charge < -0.3 is 10.5 Å². The Morgan fingerprint density at radius 1 is 1.32 bits per heavy atom. The summed E-state index contributed by atoms with van der Waals surface area (Å²) in [6.07, 6.45) is 1.68. The normalized spacial score (nSPS) is 10.6. The predicted octanol–water partition coefficient (Wildman–Crippen LogP) is 2.55. The molecule has 0 amide bonds. The van der Waals surface area contributed by atoms with Crippen molar-refractivity contribution in [3.05, 3.63) is 35.0 Å². The predicted molar refractivity (Wildman–Crippen MR) is 75.4 cm³/mol. The quantitative estimate of drug-likeness (QED) is 0.826. The molecule has 102 valence electrons. The molecule has 0 atom stereocenters. The summed E-state index contributed by atoms with van der Waals surface area (Å²) in [7, 11) is 0. The van der Waals surface area contributed by atoms with E-state index in [9.17, 15) is 0 Å². The molecule has 0 radical (unpaired) electrons. The maximum Gasteiger partial charge on any atom is 0.169 e. The van der Waals surface area contributed by atoms with E-state index in [1.54, 1.807) is 0 Å². The molecule has 6 heteroatoms. The molecule has 19 heavy (non-hydrogen) atoms. The van der Waals surface area contributed by atoms with Gasteiger partial charge in [0.1, 0.15) is 5.75 Å². The first-order valence-electron chi connectivity index (χ1n) is 6.27. The van der Waals surface area contributed by atoms with Crippen LogP contribution in [0.2, 0.25) is 5.02 Å². The molecule has 1 heterocycles. The van der Waals surface area contributed by atoms with Gasteiger partial charge in [0, 0.05) is 18.0 Å². The Labute approximate surface area is 117 Å². The minimum Gasteiger partial charge on any atom is -0.494 e. The van der Waals surface area contributed by atoms with Gasteiger partial charge in [0.25, 0.3) is 0 Å². The van der Waals surface area contributed by atoms with E-state index >= 15 is 0 Å². The molecule has 0 unspecified atom stereocenters. The highest BCUT2D eigenvalue weighted by Crippen LogP contribution is 2.15. The minimum absolute atomic E-state index is 0.515. The van der Waals surface area contributed by atoms with Crippen molar-refractivity contribution < 1.29 is 4.74 Å². The number of anilines is 1. The van der Waals surface area contributed by atoms with Crippen molar-refractivity contribution in [2.75, 3.05) is 12.3 Å². The molecule has 0 aliphatic carbocycles. The third-order valence-electron chi connectivity index (χ3n) is 2.80. The number of hydrogen-bond acceptors (Lipinski definition) is 4. The summed E-state index contributed by atoms with van der Waals surface area (Å²) < 4.78 is 7.45. The van der Waals surface area contributed by atoms with Gasteiger partial charge in [-0.1, -0.05) is 23.7 Å². The summed E-state index contributed by atoms with van der Waals surface area (Å²) >= 11 is 5.80. The SMILES string of the molecule is CCc1c(N)nnn1CCCOc1ccc(Cl)cc1. The van der Waals surface area contributed by atoms with E-state index in [-0.39, 0.29) is 0 Å². The zero-order chi connectivity index (χ0) is 13.7. The van der Waals surface area contributed by atoms with E-state index in [0.717, 1.165) is 30.8 Å². The van der Waals surface area contributed by atoms with Crippen molar-refractivity contribution in [1.29, 1.82) is 0 Å². The second kappa shape index (κ2) is 6.43. The summed E-state index contributed by atoms with van der Waals surface area (Å²) in [6.45, 7) is 3.40. The first-order chi connectivity index (χ1) is 9.20. The van der Waals surface area contributed by atoms with E-state index in [1.807, 2.05) is 35.9 Å². The molecule has 2 aromatic rings. The fourth-order valence-corrected chi connectivity index (χ4v) is 1.95. The number of nitrogens with zero attached hydrogens (tertiary/aromatic N) is 3. The lowest BCUT2D eigenvalue weighted by Crippen LogP contribution is -2.09. The average molecular weight is 281 g/mol. The molecule has 0 saturated carbocycles. The molecule has 5 nitrogen and oxygen atoms in total. The molecule has 1 aromatic carbocycles. The maximum absolute atomic E-state index is 5.80. The monoisotopic (exact) mass is 280 g/mol. The first-order valence-corrected chi connectivity index (χ1v) is 6.64. The number of halogens is 1. The minimum atomic E-state index is 0.515. The molecule has 0 bridgehead atoms. The van der Waals surface area contributed by atoms with E-state index in [4.69, 9.17) is 22.1 Å². The highest BCUT2D eigenvalue weighted by atomic mass is 35.5. The molecular weight excluding hydrogens is 264 g/mol. The summed E-state index contributed by atoms with van der Waals surface area (Å²) in [5.74, 6) is 1.33. The molecule has 0 spiro atoms. The summed E-state index contributed by atoms with van der Waals surface area (Å²) in [5.41, 5.74) is 6.70. The zero-order valence-electron chi connectivity index (χ0n) is 10.8. The summed E-state index contributed by atoms with van der Waals surface area (Å²) in [6, 6.07) is 7.33. The van der Waals surface area contributed by atoms with Crippen LogP contribution in [0.25, 0.3) is 0 Å². The number of nitrogen functional groups attached to an aromatic ring is 1. The fraction of sp³-hybridized carbons (Fsp3) is 0.385. The van der Waals surface area contributed by atoms with Crippen LogP contribution in [-0.2, 0) is 13.0 Å². The number of aromatic nitrogens is 3. The van der Waals surface area contributed by atoms with Gasteiger partial charge in [0.15, 0.2) is 5.82 Å². The van der Waals surface area contributed by atoms with Crippen molar-refractivity contribution in [3.63, 3.8) is 0 Å². The van der Waals surface area contributed by atoms with Crippen LogP contribution in [0.15, 0.2) is 24.3 Å². The smallest absolute Gasteiger partial charge is 0.169 e. The van der Waals surface area contributed by atoms with Gasteiger partial charge in [0.2, 0.25) is 0 Å². The van der Waals surface area contributed by atoms with Gasteiger partial charge >= 0.3 is 0 Å². The van der Waals surface area contributed by atoms with Gasteiger partial charge in [-0.15, -0.1) is 5.10 Å². The van der Waals surface area contributed by atoms with Crippen molar-refractivity contribution >= 4 is 17.4 Å². The van der Waals surface area contributed by atoms with Crippen LogP contribution in [0.4, 0.5) is 5.82 Å². The topological polar surface area (TPSA) is 66.0 Å². The number of aryl methyl sites for hydroxylation is 1. The van der Waals surface area contributed by atoms with Crippen LogP contribution >= 0.6 is 11.6 Å². The zero-order valence-corrected chi connectivity index (χ0v) is 11.6. The van der Waals surface area contributed by atoms with Crippen molar-refractivity contribution in [2.24, 2.45) is 0 Å². The van der Waals surface area contributed by atoms with E-state index < -0.39 is 0 Å². The summed E-state index contributed by atoms with van der Waals surface area (Å²) in [5, 5.41) is 8.59. The van der Waals surface area contributed by atoms with E-state index in [2.05, 4.69) is 10.3 Å². The fourth-order valence-electron chi connectivity index (χ4n) is 1.82. The molecule has 0 aliphatic heterocycles. The number of nitrogens with two attached hydrogens (primary N) is 1. The van der Waals surface area contributed by atoms with Crippen LogP contribution in [0.5, 0.6) is 5.75 Å². The average Bonchev–Trinajstić information content (AvgIpc) is 2.77. The number of benzene rings is 1. The Hall–Kier alpha value is -1.75. The molecule has 0 saturated heterocycles. The van der Waals surface area contributed by atoms with Gasteiger partial charge in [-0.05, 0) is 30.7 Å². The second-order valence-corrected chi connectivity index (χ2v) is 4.59. The second-order valence-electron chi connectivity index (χ2n) is 4.15. The van der Waals surface area contributed by atoms with Crippen LogP contribution < -0.4 is 10.5 Å². The number of rotatable bonds is 6. The van der Waals surface area contributed by atoms with Crippen LogP contribution in [-0.4, -0.2) is 21.6 Å². The Morgan fingerprint density at radius 2 is 2.05 bits per heavy atom. The van der Waals surface area contributed by atoms with Crippen molar-refractivity contribution in [2.45, 2.75) is 26.3 Å². The third-order valence-corrected chi connectivity index (χ3v) is 3.05. The molecule has 0 fully saturated rings. The Bertz CT molecular complexity index is 524. The Kier molecular flexibility index (Phi) is 4.63. The first kappa shape index (κ1) is 13.7. The largest absolute Gasteiger partial charge is 0.494 e. The molecule has 1 aromatic heterocycles. The highest BCUT2D eigenvalue weighted by molar-refractivity contribution is 6.30. The van der Waals surface area contributed by atoms with Gasteiger partial charge in [0.05, 0.1) is 12.3 Å². The highest BCUT2D eigenvalue weighted by Gasteiger charge is 2.07. The van der Waals surface area contributed by atoms with E-state index in [1.165, 1.54) is 0 Å². The standard InChI is InChI=1S/C13H17ClN4O/c1-2-12-13(15)16-17-18(12)8-3-9-19-11-6-4-10(14)5-7-11/h4-7H,2-3,8-9,15H2,1H3. The summed E-state index contributed by atoms with van der Waals surface area (Å²) in [4.78, 5) is 0. The molecular formula is C13H17ClN4O. The number of ether oxygens (including phenoxy) is 1. The van der Waals surface area contributed by atoms with Gasteiger partial charge in [-0.25, -0.2) is 4.68 Å². The molecule has 2 N–H and O–H groups in total.